The second kappa shape index (κ2) is 2.47. The van der Waals surface area contributed by atoms with Crippen LogP contribution in [0.3, 0.4) is 0 Å². The Hall–Kier alpha value is 1.62. The van der Waals surface area contributed by atoms with Gasteiger partial charge in [-0.05, 0) is 32.7 Å². The zero-order valence-electron chi connectivity index (χ0n) is 4.13. The van der Waals surface area contributed by atoms with Gasteiger partial charge in [-0.1, -0.05) is 20.5 Å². The second-order valence-electron chi connectivity index (χ2n) is 1.70. The quantitative estimate of drug-likeness (QED) is 0.420. The molecule has 0 saturated carbocycles. The number of rotatable bonds is 0. The molecule has 0 spiro atoms. The highest BCUT2D eigenvalue weighted by molar-refractivity contribution is 9.41. The van der Waals surface area contributed by atoms with E-state index >= 15 is 0 Å². The van der Waals surface area contributed by atoms with Crippen LogP contribution in [0.25, 0.3) is 0 Å². The zero-order chi connectivity index (χ0) is 5.33. The third-order valence-electron chi connectivity index (χ3n) is 0.497. The predicted molar refractivity (Wildman–Crippen MR) is 47.8 cm³/mol. The van der Waals surface area contributed by atoms with Crippen molar-refractivity contribution in [1.29, 1.82) is 0 Å². The van der Waals surface area contributed by atoms with Crippen LogP contribution in [0, 0.1) is 0 Å². The topological polar surface area (TPSA) is 0 Å². The van der Waals surface area contributed by atoms with Gasteiger partial charge in [0.25, 0.3) is 0 Å². The Balaban J connectivity index is 2.40. The maximum atomic E-state index is 2.38. The molecule has 0 atom stereocenters. The molecule has 1 rings (SSSR count). The first-order chi connectivity index (χ1) is 3.21. The van der Waals surface area contributed by atoms with Crippen LogP contribution in [-0.4, -0.2) is 6.37 Å². The fourth-order valence-corrected chi connectivity index (χ4v) is 27.9. The molecular weight excluding hydrogens is 180 g/mol. The molecule has 0 bridgehead atoms. The predicted octanol–water partition coefficient (Wildman–Crippen LogP) is 3.38. The molecule has 5 heteroatoms. The van der Waals surface area contributed by atoms with Gasteiger partial charge in [0.1, 0.15) is 0 Å². The Labute approximate surface area is 59.5 Å². The lowest BCUT2D eigenvalue weighted by molar-refractivity contribution is 2.09. The Kier molecular flexibility index (Phi) is 2.38. The molecule has 1 fully saturated rings. The summed E-state index contributed by atoms with van der Waals surface area (Å²) < 4.78 is 0. The third-order valence-corrected chi connectivity index (χ3v) is 22.3. The summed E-state index contributed by atoms with van der Waals surface area (Å²) in [6, 6.07) is 0. The normalized spacial score (nSPS) is 28.3. The number of hydrogen-bond acceptors (Lipinski definition) is 4. The molecule has 0 radical (unpaired) electrons. The van der Waals surface area contributed by atoms with Gasteiger partial charge in [0.15, 0.2) is 6.37 Å². The van der Waals surface area contributed by atoms with E-state index in [1.165, 1.54) is 0 Å². The summed E-state index contributed by atoms with van der Waals surface area (Å²) in [7, 11) is 8.04. The summed E-state index contributed by atoms with van der Waals surface area (Å²) in [6.45, 7) is 4.77. The summed E-state index contributed by atoms with van der Waals surface area (Å²) in [5.74, 6) is 0. The molecule has 0 amide bonds. The van der Waals surface area contributed by atoms with Crippen molar-refractivity contribution in [3.05, 3.63) is 0 Å². The van der Waals surface area contributed by atoms with Crippen molar-refractivity contribution in [1.82, 2.24) is 0 Å². The molecule has 0 aliphatic carbocycles. The van der Waals surface area contributed by atoms with Crippen molar-refractivity contribution in [2.75, 3.05) is 0 Å². The maximum Gasteiger partial charge on any atom is 0.199 e. The fraction of sp³-hybridized carbons (Fsp3) is 1.00. The lowest BCUT2D eigenvalue weighted by atomic mass is 11.9. The minimum atomic E-state index is -0.781. The van der Waals surface area contributed by atoms with E-state index in [1.807, 2.05) is 19.7 Å². The zero-order valence-corrected chi connectivity index (χ0v) is 8.40. The van der Waals surface area contributed by atoms with Crippen molar-refractivity contribution in [2.45, 2.75) is 13.1 Å². The summed E-state index contributed by atoms with van der Waals surface area (Å²) in [5, 5.41) is 0. The molecule has 1 aliphatic rings. The summed E-state index contributed by atoms with van der Waals surface area (Å²) in [6.07, 6.45) is -0.781. The molecule has 7 heavy (non-hydrogen) atoms. The van der Waals surface area contributed by atoms with Crippen LogP contribution in [-0.2, 0) is 0 Å². The third kappa shape index (κ3) is 2.13. The van der Waals surface area contributed by atoms with Crippen LogP contribution in [0.1, 0.15) is 0 Å². The van der Waals surface area contributed by atoms with E-state index in [9.17, 15) is 0 Å². The second-order valence-corrected chi connectivity index (χ2v) is 19.3. The Bertz CT molecular complexity index is 64.1. The largest absolute Gasteiger partial charge is 0.199 e. The average molecular weight is 186 g/mol. The first-order valence-corrected chi connectivity index (χ1v) is 11.2. The van der Waals surface area contributed by atoms with Crippen molar-refractivity contribution in [3.63, 3.8) is 0 Å². The first kappa shape index (κ1) is 6.73. The maximum absolute atomic E-state index is 2.38. The van der Waals surface area contributed by atoms with E-state index in [0.29, 0.717) is 0 Å². The Morgan fingerprint density at radius 2 is 1.43 bits per heavy atom. The molecule has 0 nitrogen and oxygen atoms in total. The molecule has 42 valence electrons. The highest BCUT2D eigenvalue weighted by Crippen LogP contribution is 2.62. The SMILES string of the molecule is C[Si]1(C)SSSS1. The van der Waals surface area contributed by atoms with Gasteiger partial charge in [-0.25, -0.2) is 0 Å². The Morgan fingerprint density at radius 1 is 1.00 bits per heavy atom. The van der Waals surface area contributed by atoms with Crippen LogP contribution in [0.4, 0.5) is 0 Å². The molecule has 0 unspecified atom stereocenters. The average Bonchev–Trinajstić information content (AvgIpc) is 1.84. The highest BCUT2D eigenvalue weighted by Gasteiger charge is 2.29. The monoisotopic (exact) mass is 186 g/mol. The molecule has 1 aliphatic heterocycles. The van der Waals surface area contributed by atoms with Crippen molar-refractivity contribution in [2.24, 2.45) is 0 Å². The van der Waals surface area contributed by atoms with Crippen LogP contribution >= 0.6 is 40.1 Å². The molecule has 0 aromatic rings. The molecular formula is C2H6S4Si. The minimum Gasteiger partial charge on any atom is -0.0949 e. The van der Waals surface area contributed by atoms with Gasteiger partial charge < -0.3 is 0 Å². The van der Waals surface area contributed by atoms with E-state index in [2.05, 4.69) is 33.6 Å². The van der Waals surface area contributed by atoms with Gasteiger partial charge in [-0.3, -0.25) is 0 Å². The van der Waals surface area contributed by atoms with Crippen molar-refractivity contribution in [3.8, 4) is 0 Å². The number of hydrogen-bond donors (Lipinski definition) is 0. The van der Waals surface area contributed by atoms with Crippen LogP contribution in [0.2, 0.25) is 13.1 Å². The van der Waals surface area contributed by atoms with E-state index in [4.69, 9.17) is 0 Å². The van der Waals surface area contributed by atoms with Gasteiger partial charge in [0.2, 0.25) is 0 Å². The van der Waals surface area contributed by atoms with Crippen LogP contribution in [0.5, 0.6) is 0 Å². The van der Waals surface area contributed by atoms with E-state index in [-0.39, 0.29) is 0 Å². The lowest BCUT2D eigenvalue weighted by Gasteiger charge is -2.04. The summed E-state index contributed by atoms with van der Waals surface area (Å²) in [5.41, 5.74) is 0. The lowest BCUT2D eigenvalue weighted by Crippen LogP contribution is -2.07. The van der Waals surface area contributed by atoms with Crippen molar-refractivity contribution >= 4 is 46.5 Å². The van der Waals surface area contributed by atoms with Gasteiger partial charge in [0.05, 0.1) is 0 Å². The molecule has 0 N–H and O–H groups in total. The van der Waals surface area contributed by atoms with Crippen molar-refractivity contribution < 1.29 is 0 Å². The van der Waals surface area contributed by atoms with Gasteiger partial charge in [-0.15, -0.1) is 0 Å². The van der Waals surface area contributed by atoms with Gasteiger partial charge >= 0.3 is 0 Å². The van der Waals surface area contributed by atoms with Crippen LogP contribution < -0.4 is 0 Å². The van der Waals surface area contributed by atoms with Gasteiger partial charge in [-0.2, -0.15) is 0 Å². The first-order valence-electron chi connectivity index (χ1n) is 1.91. The van der Waals surface area contributed by atoms with Crippen LogP contribution in [0.15, 0.2) is 0 Å². The fourth-order valence-electron chi connectivity index (χ4n) is 0.206. The smallest absolute Gasteiger partial charge is 0.0949 e. The Morgan fingerprint density at radius 3 is 1.57 bits per heavy atom. The standard InChI is InChI=1S/C2H6S4Si/c1-7(2)5-3-4-6-7/h1-2H3. The highest BCUT2D eigenvalue weighted by atomic mass is 33.8. The summed E-state index contributed by atoms with van der Waals surface area (Å²) >= 11 is 0. The molecule has 0 aromatic heterocycles. The molecule has 0 aromatic carbocycles. The van der Waals surface area contributed by atoms with E-state index in [0.717, 1.165) is 0 Å². The van der Waals surface area contributed by atoms with Gasteiger partial charge in [0, 0.05) is 0 Å². The molecule has 1 saturated heterocycles. The van der Waals surface area contributed by atoms with E-state index < -0.39 is 6.37 Å². The molecule has 1 heterocycles. The summed E-state index contributed by atoms with van der Waals surface area (Å²) in [4.78, 5) is 0. The minimum absolute atomic E-state index is 0.781. The van der Waals surface area contributed by atoms with E-state index in [1.54, 1.807) is 0 Å².